The minimum Gasteiger partial charge on any atom is -0.497 e. The van der Waals surface area contributed by atoms with Gasteiger partial charge in [-0.3, -0.25) is 9.59 Å². The molecule has 0 aliphatic rings. The maximum Gasteiger partial charge on any atom is 0.262 e. The fraction of sp³-hybridized carbons (Fsp3) is 0.182. The number of rotatable bonds is 10. The lowest BCUT2D eigenvalue weighted by Gasteiger charge is -2.19. The van der Waals surface area contributed by atoms with Gasteiger partial charge >= 0.3 is 0 Å². The average molecular weight is 380 g/mol. The Hall–Kier alpha value is -3.54. The van der Waals surface area contributed by atoms with E-state index in [4.69, 9.17) is 9.47 Å². The second-order valence-electron chi connectivity index (χ2n) is 5.88. The summed E-state index contributed by atoms with van der Waals surface area (Å²) in [5.41, 5.74) is 1.15. The van der Waals surface area contributed by atoms with E-state index in [1.807, 2.05) is 0 Å². The van der Waals surface area contributed by atoms with E-state index in [0.717, 1.165) is 0 Å². The van der Waals surface area contributed by atoms with Crippen LogP contribution in [0.15, 0.2) is 73.8 Å². The summed E-state index contributed by atoms with van der Waals surface area (Å²) in [6.45, 7) is 8.05. The molecule has 2 aromatic rings. The summed E-state index contributed by atoms with van der Waals surface area (Å²) < 4.78 is 10.6. The van der Waals surface area contributed by atoms with E-state index in [0.29, 0.717) is 35.8 Å². The van der Waals surface area contributed by atoms with Crippen LogP contribution >= 0.6 is 0 Å². The van der Waals surface area contributed by atoms with Crippen LogP contribution in [-0.4, -0.2) is 43.5 Å². The first-order valence-corrected chi connectivity index (χ1v) is 8.75. The van der Waals surface area contributed by atoms with Gasteiger partial charge in [0.15, 0.2) is 6.61 Å². The van der Waals surface area contributed by atoms with Crippen molar-refractivity contribution in [2.24, 2.45) is 0 Å². The molecule has 6 heteroatoms. The summed E-state index contributed by atoms with van der Waals surface area (Å²) in [5, 5.41) is 2.74. The van der Waals surface area contributed by atoms with Crippen molar-refractivity contribution in [2.75, 3.05) is 32.1 Å². The molecule has 0 aliphatic carbocycles. The predicted octanol–water partition coefficient (Wildman–Crippen LogP) is 3.53. The number of anilines is 1. The Bertz CT molecular complexity index is 821. The van der Waals surface area contributed by atoms with Crippen molar-refractivity contribution in [3.8, 4) is 11.5 Å². The van der Waals surface area contributed by atoms with Crippen molar-refractivity contribution in [2.45, 2.75) is 0 Å². The van der Waals surface area contributed by atoms with Gasteiger partial charge in [0.05, 0.1) is 7.11 Å². The lowest BCUT2D eigenvalue weighted by molar-refractivity contribution is -0.118. The number of ether oxygens (including phenoxy) is 2. The van der Waals surface area contributed by atoms with E-state index >= 15 is 0 Å². The molecule has 0 spiro atoms. The number of nitrogens with zero attached hydrogens (tertiary/aromatic N) is 1. The van der Waals surface area contributed by atoms with Crippen LogP contribution in [0.25, 0.3) is 0 Å². The second kappa shape index (κ2) is 10.6. The van der Waals surface area contributed by atoms with Gasteiger partial charge in [0.1, 0.15) is 11.5 Å². The highest BCUT2D eigenvalue weighted by Crippen LogP contribution is 2.17. The molecular formula is C22H24N2O4. The first-order chi connectivity index (χ1) is 13.6. The second-order valence-corrected chi connectivity index (χ2v) is 5.88. The van der Waals surface area contributed by atoms with E-state index in [2.05, 4.69) is 18.5 Å². The number of carbonyl (C=O) groups excluding carboxylic acids is 2. The molecule has 2 amide bonds. The van der Waals surface area contributed by atoms with Gasteiger partial charge < -0.3 is 19.7 Å². The highest BCUT2D eigenvalue weighted by Gasteiger charge is 2.13. The van der Waals surface area contributed by atoms with Crippen molar-refractivity contribution in [1.82, 2.24) is 4.90 Å². The van der Waals surface area contributed by atoms with Crippen molar-refractivity contribution < 1.29 is 19.1 Å². The molecule has 0 saturated carbocycles. The fourth-order valence-electron chi connectivity index (χ4n) is 2.48. The maximum absolute atomic E-state index is 12.5. The number of hydrogen-bond donors (Lipinski definition) is 1. The van der Waals surface area contributed by atoms with Gasteiger partial charge in [0, 0.05) is 30.4 Å². The van der Waals surface area contributed by atoms with Gasteiger partial charge in [0.25, 0.3) is 11.8 Å². The highest BCUT2D eigenvalue weighted by atomic mass is 16.5. The SMILES string of the molecule is C=CCN(CC=C)C(=O)c1ccc(OCC(=O)Nc2cccc(OC)c2)cc1. The number of hydrogen-bond acceptors (Lipinski definition) is 4. The third kappa shape index (κ3) is 6.02. The van der Waals surface area contributed by atoms with E-state index in [9.17, 15) is 9.59 Å². The molecule has 0 heterocycles. The zero-order valence-corrected chi connectivity index (χ0v) is 15.9. The molecule has 0 aromatic heterocycles. The van der Waals surface area contributed by atoms with Crippen molar-refractivity contribution >= 4 is 17.5 Å². The molecule has 0 saturated heterocycles. The lowest BCUT2D eigenvalue weighted by Crippen LogP contribution is -2.31. The average Bonchev–Trinajstić information content (AvgIpc) is 2.72. The first kappa shape index (κ1) is 20.8. The Balaban J connectivity index is 1.91. The molecular weight excluding hydrogens is 356 g/mol. The molecule has 146 valence electrons. The molecule has 0 fully saturated rings. The normalized spacial score (nSPS) is 9.89. The maximum atomic E-state index is 12.5. The van der Waals surface area contributed by atoms with Crippen LogP contribution in [0.1, 0.15) is 10.4 Å². The van der Waals surface area contributed by atoms with Crippen molar-refractivity contribution in [3.63, 3.8) is 0 Å². The third-order valence-electron chi connectivity index (χ3n) is 3.81. The van der Waals surface area contributed by atoms with Gasteiger partial charge in [0.2, 0.25) is 0 Å². The zero-order valence-electron chi connectivity index (χ0n) is 15.9. The highest BCUT2D eigenvalue weighted by molar-refractivity contribution is 5.94. The Morgan fingerprint density at radius 2 is 1.71 bits per heavy atom. The van der Waals surface area contributed by atoms with Gasteiger partial charge in [-0.25, -0.2) is 0 Å². The van der Waals surface area contributed by atoms with Gasteiger partial charge in [-0.15, -0.1) is 13.2 Å². The Morgan fingerprint density at radius 3 is 2.32 bits per heavy atom. The smallest absolute Gasteiger partial charge is 0.262 e. The molecule has 0 unspecified atom stereocenters. The summed E-state index contributed by atoms with van der Waals surface area (Å²) in [4.78, 5) is 26.1. The zero-order chi connectivity index (χ0) is 20.4. The topological polar surface area (TPSA) is 67.9 Å². The number of methoxy groups -OCH3 is 1. The Labute approximate surface area is 165 Å². The van der Waals surface area contributed by atoms with E-state index in [1.165, 1.54) is 0 Å². The third-order valence-corrected chi connectivity index (χ3v) is 3.81. The summed E-state index contributed by atoms with van der Waals surface area (Å²) in [6.07, 6.45) is 3.33. The van der Waals surface area contributed by atoms with Crippen LogP contribution in [0, 0.1) is 0 Å². The van der Waals surface area contributed by atoms with E-state index in [1.54, 1.807) is 72.7 Å². The molecule has 0 aliphatic heterocycles. The van der Waals surface area contributed by atoms with Gasteiger partial charge in [-0.2, -0.15) is 0 Å². The largest absolute Gasteiger partial charge is 0.497 e. The number of nitrogens with one attached hydrogen (secondary N) is 1. The molecule has 2 rings (SSSR count). The Morgan fingerprint density at radius 1 is 1.04 bits per heavy atom. The van der Waals surface area contributed by atoms with E-state index in [-0.39, 0.29) is 18.4 Å². The summed E-state index contributed by atoms with van der Waals surface area (Å²) in [7, 11) is 1.56. The first-order valence-electron chi connectivity index (χ1n) is 8.75. The van der Waals surface area contributed by atoms with Crippen LogP contribution in [0.2, 0.25) is 0 Å². The van der Waals surface area contributed by atoms with Crippen LogP contribution in [0.5, 0.6) is 11.5 Å². The molecule has 1 N–H and O–H groups in total. The molecule has 2 aromatic carbocycles. The van der Waals surface area contributed by atoms with Crippen LogP contribution in [0.4, 0.5) is 5.69 Å². The van der Waals surface area contributed by atoms with Gasteiger partial charge in [-0.1, -0.05) is 18.2 Å². The standard InChI is InChI=1S/C22H24N2O4/c1-4-13-24(14-5-2)22(26)17-9-11-19(12-10-17)28-16-21(25)23-18-7-6-8-20(15-18)27-3/h4-12,15H,1-2,13-14,16H2,3H3,(H,23,25). The molecule has 28 heavy (non-hydrogen) atoms. The van der Waals surface area contributed by atoms with Crippen LogP contribution in [-0.2, 0) is 4.79 Å². The summed E-state index contributed by atoms with van der Waals surface area (Å²) >= 11 is 0. The fourth-order valence-corrected chi connectivity index (χ4v) is 2.48. The lowest BCUT2D eigenvalue weighted by atomic mass is 10.2. The quantitative estimate of drug-likeness (QED) is 0.641. The Kier molecular flexibility index (Phi) is 7.84. The van der Waals surface area contributed by atoms with Gasteiger partial charge in [-0.05, 0) is 36.4 Å². The molecule has 6 nitrogen and oxygen atoms in total. The number of carbonyl (C=O) groups is 2. The minimum atomic E-state index is -0.295. The van der Waals surface area contributed by atoms with Crippen LogP contribution < -0.4 is 14.8 Å². The van der Waals surface area contributed by atoms with Crippen molar-refractivity contribution in [1.29, 1.82) is 0 Å². The predicted molar refractivity (Wildman–Crippen MR) is 110 cm³/mol. The monoisotopic (exact) mass is 380 g/mol. The summed E-state index contributed by atoms with van der Waals surface area (Å²) in [5.74, 6) is 0.732. The minimum absolute atomic E-state index is 0.123. The van der Waals surface area contributed by atoms with E-state index < -0.39 is 0 Å². The number of benzene rings is 2. The molecule has 0 bridgehead atoms. The van der Waals surface area contributed by atoms with Crippen molar-refractivity contribution in [3.05, 3.63) is 79.4 Å². The summed E-state index contributed by atoms with van der Waals surface area (Å²) in [6, 6.07) is 13.7. The van der Waals surface area contributed by atoms with Crippen LogP contribution in [0.3, 0.4) is 0 Å². The number of amides is 2. The molecule has 0 radical (unpaired) electrons. The molecule has 0 atom stereocenters.